The Balaban J connectivity index is 1.95. The first-order valence-electron chi connectivity index (χ1n) is 9.45. The second-order valence-corrected chi connectivity index (χ2v) is 8.63. The maximum absolute atomic E-state index is 13.4. The van der Waals surface area contributed by atoms with E-state index in [1.807, 2.05) is 30.3 Å². The van der Waals surface area contributed by atoms with E-state index >= 15 is 0 Å². The summed E-state index contributed by atoms with van der Waals surface area (Å²) in [6.07, 6.45) is 0. The Kier molecular flexibility index (Phi) is 5.79. The second kappa shape index (κ2) is 8.52. The Morgan fingerprint density at radius 1 is 1.23 bits per heavy atom. The fourth-order valence-corrected chi connectivity index (χ4v) is 5.25. The van der Waals surface area contributed by atoms with Crippen LogP contribution in [0.1, 0.15) is 27.7 Å². The predicted molar refractivity (Wildman–Crippen MR) is 119 cm³/mol. The van der Waals surface area contributed by atoms with Gasteiger partial charge >= 0.3 is 5.97 Å². The summed E-state index contributed by atoms with van der Waals surface area (Å²) < 4.78 is 8.20. The molecular weight excluding hydrogens is 438 g/mol. The molecule has 0 bridgehead atoms. The number of nitrogens with zero attached hydrogens (tertiary/aromatic N) is 4. The molecule has 0 spiro atoms. The van der Waals surface area contributed by atoms with E-state index in [2.05, 4.69) is 10.2 Å². The van der Waals surface area contributed by atoms with Crippen molar-refractivity contribution in [1.29, 1.82) is 0 Å². The van der Waals surface area contributed by atoms with Crippen LogP contribution in [0.25, 0.3) is 16.0 Å². The van der Waals surface area contributed by atoms with Crippen LogP contribution in [0.5, 0.6) is 0 Å². The Labute approximate surface area is 184 Å². The minimum absolute atomic E-state index is 0.0426. The van der Waals surface area contributed by atoms with Crippen LogP contribution in [0.4, 0.5) is 0 Å². The number of thiophene rings is 1. The molecule has 0 saturated carbocycles. The maximum atomic E-state index is 13.4. The molecule has 0 unspecified atom stereocenters. The average Bonchev–Trinajstić information content (AvgIpc) is 3.32. The zero-order valence-corrected chi connectivity index (χ0v) is 18.5. The minimum Gasteiger partial charge on any atom is -0.465 e. The van der Waals surface area contributed by atoms with Crippen LogP contribution in [0.3, 0.4) is 0 Å². The molecule has 0 radical (unpaired) electrons. The molecule has 4 rings (SSSR count). The standard InChI is InChI=1S/C20H19N5O4S2/c1-3-29-13(26)10-30-20-23-22-19-24(9-12-7-5-4-6-8-12)17(28)14-11(2)15(16(21)27)31-18(14)25(19)20/h4-8H,3,9-10H2,1-2H3,(H2,21,27). The Hall–Kier alpha value is -3.18. The molecule has 0 saturated heterocycles. The number of ether oxygens (including phenoxy) is 1. The van der Waals surface area contributed by atoms with Crippen molar-refractivity contribution >= 4 is 51.0 Å². The molecule has 1 amide bonds. The number of fused-ring (bicyclic) bond motifs is 3. The number of primary amides is 1. The fraction of sp³-hybridized carbons (Fsp3) is 0.250. The highest BCUT2D eigenvalue weighted by atomic mass is 32.2. The topological polar surface area (TPSA) is 122 Å². The van der Waals surface area contributed by atoms with E-state index in [9.17, 15) is 14.4 Å². The van der Waals surface area contributed by atoms with Gasteiger partial charge < -0.3 is 10.5 Å². The third-order valence-electron chi connectivity index (χ3n) is 4.68. The molecule has 0 aliphatic heterocycles. The molecule has 160 valence electrons. The Morgan fingerprint density at radius 3 is 2.65 bits per heavy atom. The summed E-state index contributed by atoms with van der Waals surface area (Å²) in [4.78, 5) is 38.0. The molecule has 3 heterocycles. The highest BCUT2D eigenvalue weighted by Crippen LogP contribution is 2.31. The van der Waals surface area contributed by atoms with Gasteiger partial charge in [-0.2, -0.15) is 0 Å². The molecule has 2 N–H and O–H groups in total. The maximum Gasteiger partial charge on any atom is 0.316 e. The highest BCUT2D eigenvalue weighted by molar-refractivity contribution is 7.99. The number of carbonyl (C=O) groups is 2. The first-order valence-corrected chi connectivity index (χ1v) is 11.3. The zero-order chi connectivity index (χ0) is 22.1. The van der Waals surface area contributed by atoms with Crippen LogP contribution >= 0.6 is 23.1 Å². The smallest absolute Gasteiger partial charge is 0.316 e. The lowest BCUT2D eigenvalue weighted by Crippen LogP contribution is -2.24. The lowest BCUT2D eigenvalue weighted by atomic mass is 10.2. The van der Waals surface area contributed by atoms with E-state index in [1.165, 1.54) is 4.57 Å². The number of esters is 1. The van der Waals surface area contributed by atoms with Crippen molar-refractivity contribution in [2.24, 2.45) is 5.73 Å². The molecular formula is C20H19N5O4S2. The summed E-state index contributed by atoms with van der Waals surface area (Å²) in [6, 6.07) is 9.50. The van der Waals surface area contributed by atoms with E-state index < -0.39 is 5.91 Å². The molecule has 0 atom stereocenters. The number of benzene rings is 1. The molecule has 11 heteroatoms. The van der Waals surface area contributed by atoms with Gasteiger partial charge in [0.05, 0.1) is 29.2 Å². The predicted octanol–water partition coefficient (Wildman–Crippen LogP) is 2.22. The van der Waals surface area contributed by atoms with Gasteiger partial charge in [-0.1, -0.05) is 42.1 Å². The largest absolute Gasteiger partial charge is 0.465 e. The highest BCUT2D eigenvalue weighted by Gasteiger charge is 2.24. The lowest BCUT2D eigenvalue weighted by molar-refractivity contribution is -0.139. The normalized spacial score (nSPS) is 11.3. The van der Waals surface area contributed by atoms with Crippen LogP contribution in [-0.2, 0) is 16.1 Å². The molecule has 4 aromatic rings. The van der Waals surface area contributed by atoms with Crippen LogP contribution in [0, 0.1) is 6.92 Å². The van der Waals surface area contributed by atoms with Crippen molar-refractivity contribution in [2.45, 2.75) is 25.5 Å². The van der Waals surface area contributed by atoms with Gasteiger partial charge in [-0.25, -0.2) is 4.40 Å². The van der Waals surface area contributed by atoms with Crippen molar-refractivity contribution in [1.82, 2.24) is 19.2 Å². The first kappa shape index (κ1) is 21.1. The molecule has 0 aliphatic rings. The minimum atomic E-state index is -0.602. The fourth-order valence-electron chi connectivity index (χ4n) is 3.31. The van der Waals surface area contributed by atoms with Gasteiger partial charge in [0.25, 0.3) is 11.5 Å². The number of nitrogens with two attached hydrogens (primary N) is 1. The molecule has 31 heavy (non-hydrogen) atoms. The summed E-state index contributed by atoms with van der Waals surface area (Å²) in [7, 11) is 0. The monoisotopic (exact) mass is 457 g/mol. The van der Waals surface area contributed by atoms with Crippen molar-refractivity contribution in [3.63, 3.8) is 0 Å². The summed E-state index contributed by atoms with van der Waals surface area (Å²) >= 11 is 2.27. The van der Waals surface area contributed by atoms with Gasteiger partial charge in [0.1, 0.15) is 4.83 Å². The van der Waals surface area contributed by atoms with Crippen molar-refractivity contribution in [2.75, 3.05) is 12.4 Å². The van der Waals surface area contributed by atoms with Gasteiger partial charge in [-0.15, -0.1) is 21.5 Å². The van der Waals surface area contributed by atoms with Gasteiger partial charge in [-0.05, 0) is 25.0 Å². The van der Waals surface area contributed by atoms with E-state index in [-0.39, 0.29) is 30.4 Å². The SMILES string of the molecule is CCOC(=O)CSc1nnc2n(Cc3ccccc3)c(=O)c3c(C)c(C(N)=O)sc3n12. The summed E-state index contributed by atoms with van der Waals surface area (Å²) in [5.74, 6) is -0.612. The quantitative estimate of drug-likeness (QED) is 0.333. The number of carbonyl (C=O) groups excluding carboxylic acids is 2. The number of aromatic nitrogens is 4. The van der Waals surface area contributed by atoms with E-state index in [0.29, 0.717) is 31.6 Å². The Morgan fingerprint density at radius 2 is 1.97 bits per heavy atom. The van der Waals surface area contributed by atoms with Crippen LogP contribution < -0.4 is 11.3 Å². The molecule has 3 aromatic heterocycles. The molecule has 0 aliphatic carbocycles. The average molecular weight is 458 g/mol. The second-order valence-electron chi connectivity index (χ2n) is 6.69. The number of rotatable bonds is 7. The van der Waals surface area contributed by atoms with Crippen LogP contribution in [0.2, 0.25) is 0 Å². The van der Waals surface area contributed by atoms with Crippen molar-refractivity contribution in [3.05, 3.63) is 56.7 Å². The molecule has 0 fully saturated rings. The lowest BCUT2D eigenvalue weighted by Gasteiger charge is -2.10. The van der Waals surface area contributed by atoms with Gasteiger partial charge in [0, 0.05) is 0 Å². The summed E-state index contributed by atoms with van der Waals surface area (Å²) in [5, 5.41) is 9.24. The van der Waals surface area contributed by atoms with Crippen LogP contribution in [0.15, 0.2) is 40.3 Å². The van der Waals surface area contributed by atoms with E-state index in [4.69, 9.17) is 10.5 Å². The van der Waals surface area contributed by atoms with Crippen LogP contribution in [-0.4, -0.2) is 43.4 Å². The van der Waals surface area contributed by atoms with Gasteiger partial charge in [0.15, 0.2) is 5.16 Å². The van der Waals surface area contributed by atoms with E-state index in [0.717, 1.165) is 28.7 Å². The van der Waals surface area contributed by atoms with Gasteiger partial charge in [-0.3, -0.25) is 19.0 Å². The molecule has 9 nitrogen and oxygen atoms in total. The number of hydrogen-bond donors (Lipinski definition) is 1. The van der Waals surface area contributed by atoms with Crippen molar-refractivity contribution < 1.29 is 14.3 Å². The third kappa shape index (κ3) is 3.81. The Bertz CT molecular complexity index is 1360. The number of aryl methyl sites for hydroxylation is 1. The first-order chi connectivity index (χ1) is 14.9. The zero-order valence-electron chi connectivity index (χ0n) is 16.8. The van der Waals surface area contributed by atoms with E-state index in [1.54, 1.807) is 18.2 Å². The summed E-state index contributed by atoms with van der Waals surface area (Å²) in [5.41, 5.74) is 6.70. The van der Waals surface area contributed by atoms with Crippen molar-refractivity contribution in [3.8, 4) is 0 Å². The number of amides is 1. The number of thioether (sulfide) groups is 1. The number of hydrogen-bond acceptors (Lipinski definition) is 8. The summed E-state index contributed by atoms with van der Waals surface area (Å²) in [6.45, 7) is 4.00. The molecule has 1 aromatic carbocycles. The third-order valence-corrected chi connectivity index (χ3v) is 6.87. The van der Waals surface area contributed by atoms with Gasteiger partial charge in [0.2, 0.25) is 5.78 Å².